The van der Waals surface area contributed by atoms with E-state index < -0.39 is 0 Å². The number of benzene rings is 2. The standard InChI is InChI=1S/C21H15ClN4O/c1-3-27-20-10-4-15(5-11-20)21-16(12-18(13-23)24-2)14-26(25-21)19-8-6-17(22)7-9-19/h4-12,14H,3H2,1H3/b18-12+. The third kappa shape index (κ3) is 4.17. The van der Waals surface area contributed by atoms with Crippen molar-refractivity contribution < 1.29 is 4.74 Å². The van der Waals surface area contributed by atoms with Gasteiger partial charge in [0.25, 0.3) is 5.70 Å². The summed E-state index contributed by atoms with van der Waals surface area (Å²) >= 11 is 5.96. The van der Waals surface area contributed by atoms with Crippen LogP contribution in [0.1, 0.15) is 12.5 Å². The van der Waals surface area contributed by atoms with Crippen LogP contribution in [0.15, 0.2) is 60.4 Å². The number of nitrogens with zero attached hydrogens (tertiary/aromatic N) is 4. The van der Waals surface area contributed by atoms with Crippen LogP contribution in [0.3, 0.4) is 0 Å². The summed E-state index contributed by atoms with van der Waals surface area (Å²) in [4.78, 5) is 3.24. The molecule has 0 aliphatic carbocycles. The molecule has 0 saturated carbocycles. The first-order chi connectivity index (χ1) is 13.1. The van der Waals surface area contributed by atoms with Crippen molar-refractivity contribution in [2.45, 2.75) is 6.92 Å². The Bertz CT molecular complexity index is 1040. The molecule has 0 amide bonds. The topological polar surface area (TPSA) is 55.2 Å². The highest BCUT2D eigenvalue weighted by Crippen LogP contribution is 2.28. The van der Waals surface area contributed by atoms with Crippen molar-refractivity contribution in [3.05, 3.63) is 82.4 Å². The van der Waals surface area contributed by atoms with E-state index in [9.17, 15) is 0 Å². The van der Waals surface area contributed by atoms with Gasteiger partial charge in [-0.1, -0.05) is 11.6 Å². The van der Waals surface area contributed by atoms with Crippen LogP contribution in [0.4, 0.5) is 0 Å². The largest absolute Gasteiger partial charge is 0.494 e. The Morgan fingerprint density at radius 3 is 2.56 bits per heavy atom. The van der Waals surface area contributed by atoms with E-state index >= 15 is 0 Å². The van der Waals surface area contributed by atoms with Crippen molar-refractivity contribution >= 4 is 17.7 Å². The van der Waals surface area contributed by atoms with Crippen LogP contribution in [-0.2, 0) is 0 Å². The van der Waals surface area contributed by atoms with E-state index in [0.29, 0.717) is 22.9 Å². The first-order valence-electron chi connectivity index (χ1n) is 8.22. The second-order valence-electron chi connectivity index (χ2n) is 5.56. The van der Waals surface area contributed by atoms with E-state index in [2.05, 4.69) is 9.94 Å². The zero-order valence-electron chi connectivity index (χ0n) is 14.6. The number of allylic oxidation sites excluding steroid dienone is 1. The molecule has 0 saturated heterocycles. The molecule has 0 atom stereocenters. The molecule has 3 rings (SSSR count). The minimum atomic E-state index is -0.00200. The summed E-state index contributed by atoms with van der Waals surface area (Å²) in [7, 11) is 0. The molecule has 0 unspecified atom stereocenters. The molecule has 2 aromatic carbocycles. The van der Waals surface area contributed by atoms with E-state index in [1.165, 1.54) is 6.08 Å². The molecular formula is C21H15ClN4O. The summed E-state index contributed by atoms with van der Waals surface area (Å²) in [5.74, 6) is 0.773. The van der Waals surface area contributed by atoms with Crippen LogP contribution in [0.2, 0.25) is 5.02 Å². The molecule has 0 aliphatic rings. The van der Waals surface area contributed by atoms with Crippen LogP contribution in [0, 0.1) is 17.9 Å². The fourth-order valence-corrected chi connectivity index (χ4v) is 2.68. The second kappa shape index (κ2) is 8.23. The van der Waals surface area contributed by atoms with Gasteiger partial charge in [-0.3, -0.25) is 0 Å². The molecule has 0 spiro atoms. The molecule has 1 aromatic heterocycles. The van der Waals surface area contributed by atoms with E-state index in [0.717, 1.165) is 17.0 Å². The number of nitriles is 1. The minimum Gasteiger partial charge on any atom is -0.494 e. The van der Waals surface area contributed by atoms with Crippen LogP contribution < -0.4 is 4.74 Å². The van der Waals surface area contributed by atoms with E-state index in [1.54, 1.807) is 23.0 Å². The maximum atomic E-state index is 9.11. The molecule has 6 heteroatoms. The lowest BCUT2D eigenvalue weighted by Gasteiger charge is -2.04. The van der Waals surface area contributed by atoms with Crippen molar-refractivity contribution in [1.82, 2.24) is 9.78 Å². The number of hydrogen-bond acceptors (Lipinski definition) is 3. The Morgan fingerprint density at radius 2 is 1.96 bits per heavy atom. The van der Waals surface area contributed by atoms with Gasteiger partial charge in [0.15, 0.2) is 0 Å². The normalized spacial score (nSPS) is 10.9. The van der Waals surface area contributed by atoms with E-state index in [1.807, 2.05) is 49.4 Å². The number of rotatable bonds is 5. The fraction of sp³-hybridized carbons (Fsp3) is 0.0952. The summed E-state index contributed by atoms with van der Waals surface area (Å²) in [6, 6.07) is 16.7. The van der Waals surface area contributed by atoms with Crippen molar-refractivity contribution in [1.29, 1.82) is 5.26 Å². The highest BCUT2D eigenvalue weighted by molar-refractivity contribution is 6.30. The third-order valence-electron chi connectivity index (χ3n) is 3.80. The molecule has 27 heavy (non-hydrogen) atoms. The van der Waals surface area contributed by atoms with Gasteiger partial charge >= 0.3 is 0 Å². The van der Waals surface area contributed by atoms with Gasteiger partial charge in [0.05, 0.1) is 30.6 Å². The zero-order chi connectivity index (χ0) is 19.2. The Kier molecular flexibility index (Phi) is 5.56. The maximum Gasteiger partial charge on any atom is 0.262 e. The first kappa shape index (κ1) is 18.3. The monoisotopic (exact) mass is 374 g/mol. The average molecular weight is 375 g/mol. The summed E-state index contributed by atoms with van der Waals surface area (Å²) in [5, 5.41) is 14.4. The van der Waals surface area contributed by atoms with E-state index in [4.69, 9.17) is 28.2 Å². The lowest BCUT2D eigenvalue weighted by Crippen LogP contribution is -1.94. The van der Waals surface area contributed by atoms with Gasteiger partial charge < -0.3 is 4.74 Å². The Morgan fingerprint density at radius 1 is 1.26 bits per heavy atom. The molecule has 3 aromatic rings. The Hall–Kier alpha value is -3.54. The van der Waals surface area contributed by atoms with Crippen LogP contribution in [0.5, 0.6) is 5.75 Å². The van der Waals surface area contributed by atoms with Gasteiger partial charge in [0.2, 0.25) is 0 Å². The summed E-state index contributed by atoms with van der Waals surface area (Å²) in [6.07, 6.45) is 3.33. The predicted octanol–water partition coefficient (Wildman–Crippen LogP) is 5.38. The molecule has 0 fully saturated rings. The molecule has 5 nitrogen and oxygen atoms in total. The third-order valence-corrected chi connectivity index (χ3v) is 4.05. The number of aromatic nitrogens is 2. The lowest BCUT2D eigenvalue weighted by molar-refractivity contribution is 0.340. The lowest BCUT2D eigenvalue weighted by atomic mass is 10.1. The predicted molar refractivity (Wildman–Crippen MR) is 105 cm³/mol. The fourth-order valence-electron chi connectivity index (χ4n) is 2.56. The highest BCUT2D eigenvalue weighted by atomic mass is 35.5. The van der Waals surface area contributed by atoms with Crippen LogP contribution in [0.25, 0.3) is 27.9 Å². The quantitative estimate of drug-likeness (QED) is 0.445. The maximum absolute atomic E-state index is 9.11. The first-order valence-corrected chi connectivity index (χ1v) is 8.60. The molecule has 0 bridgehead atoms. The van der Waals surface area contributed by atoms with Gasteiger partial charge in [-0.2, -0.15) is 5.10 Å². The smallest absolute Gasteiger partial charge is 0.262 e. The van der Waals surface area contributed by atoms with Crippen LogP contribution >= 0.6 is 11.6 Å². The van der Waals surface area contributed by atoms with Crippen molar-refractivity contribution in [2.75, 3.05) is 6.61 Å². The van der Waals surface area contributed by atoms with Gasteiger partial charge in [-0.05, 0) is 61.5 Å². The zero-order valence-corrected chi connectivity index (χ0v) is 15.3. The average Bonchev–Trinajstić information content (AvgIpc) is 3.11. The van der Waals surface area contributed by atoms with Crippen molar-refractivity contribution in [2.24, 2.45) is 0 Å². The van der Waals surface area contributed by atoms with Crippen LogP contribution in [-0.4, -0.2) is 16.4 Å². The Balaban J connectivity index is 2.10. The Labute approximate surface area is 162 Å². The van der Waals surface area contributed by atoms with Gasteiger partial charge in [0.1, 0.15) is 5.75 Å². The van der Waals surface area contributed by atoms with Crippen molar-refractivity contribution in [3.63, 3.8) is 0 Å². The van der Waals surface area contributed by atoms with Gasteiger partial charge in [-0.15, -0.1) is 0 Å². The molecule has 0 radical (unpaired) electrons. The summed E-state index contributed by atoms with van der Waals surface area (Å²) in [6.45, 7) is 9.65. The second-order valence-corrected chi connectivity index (χ2v) is 6.00. The van der Waals surface area contributed by atoms with E-state index in [-0.39, 0.29) is 5.70 Å². The molecular weight excluding hydrogens is 360 g/mol. The number of halogens is 1. The molecule has 132 valence electrons. The van der Waals surface area contributed by atoms with Gasteiger partial charge in [0, 0.05) is 22.3 Å². The van der Waals surface area contributed by atoms with Gasteiger partial charge in [-0.25, -0.2) is 14.8 Å². The number of ether oxygens (including phenoxy) is 1. The number of hydrogen-bond donors (Lipinski definition) is 0. The minimum absolute atomic E-state index is 0.00200. The molecule has 0 aliphatic heterocycles. The van der Waals surface area contributed by atoms with Crippen molar-refractivity contribution in [3.8, 4) is 28.8 Å². The summed E-state index contributed by atoms with van der Waals surface area (Å²) in [5.41, 5.74) is 3.04. The summed E-state index contributed by atoms with van der Waals surface area (Å²) < 4.78 is 7.18. The highest BCUT2D eigenvalue weighted by Gasteiger charge is 2.12. The SMILES string of the molecule is [C-]#[N+]/C(C#N)=C/c1cn(-c2ccc(Cl)cc2)nc1-c1ccc(OCC)cc1. The molecule has 0 N–H and O–H groups in total. The molecule has 1 heterocycles.